The highest BCUT2D eigenvalue weighted by Crippen LogP contribution is 2.18. The minimum Gasteiger partial charge on any atom is -0.313 e. The SMILES string of the molecule is CCC(C)c1ccc(CCN(C)C#N)cc1. The average Bonchev–Trinajstić information content (AvgIpc) is 2.35. The molecule has 2 heteroatoms. The third-order valence-corrected chi connectivity index (χ3v) is 3.07. The van der Waals surface area contributed by atoms with Crippen molar-refractivity contribution in [3.05, 3.63) is 35.4 Å². The zero-order chi connectivity index (χ0) is 12.0. The van der Waals surface area contributed by atoms with E-state index in [1.165, 1.54) is 17.5 Å². The van der Waals surface area contributed by atoms with Gasteiger partial charge in [-0.05, 0) is 29.9 Å². The van der Waals surface area contributed by atoms with Crippen molar-refractivity contribution >= 4 is 0 Å². The molecule has 1 unspecified atom stereocenters. The minimum absolute atomic E-state index is 0.635. The van der Waals surface area contributed by atoms with Crippen LogP contribution in [-0.2, 0) is 6.42 Å². The van der Waals surface area contributed by atoms with Crippen molar-refractivity contribution in [1.29, 1.82) is 5.26 Å². The Kier molecular flexibility index (Phi) is 4.85. The number of hydrogen-bond donors (Lipinski definition) is 0. The van der Waals surface area contributed by atoms with Gasteiger partial charge in [0.2, 0.25) is 0 Å². The fraction of sp³-hybridized carbons (Fsp3) is 0.500. The molecule has 0 saturated carbocycles. The fourth-order valence-corrected chi connectivity index (χ4v) is 1.60. The van der Waals surface area contributed by atoms with Crippen molar-refractivity contribution in [1.82, 2.24) is 4.90 Å². The van der Waals surface area contributed by atoms with Crippen molar-refractivity contribution < 1.29 is 0 Å². The zero-order valence-electron chi connectivity index (χ0n) is 10.4. The standard InChI is InChI=1S/C14H20N2/c1-4-12(2)14-7-5-13(6-8-14)9-10-16(3)11-15/h5-8,12H,4,9-10H2,1-3H3. The molecule has 0 saturated heterocycles. The molecule has 0 bridgehead atoms. The molecule has 1 aromatic carbocycles. The predicted octanol–water partition coefficient (Wildman–Crippen LogP) is 3.16. The molecule has 0 heterocycles. The second kappa shape index (κ2) is 6.17. The van der Waals surface area contributed by atoms with Gasteiger partial charge in [0.1, 0.15) is 0 Å². The summed E-state index contributed by atoms with van der Waals surface area (Å²) in [6.45, 7) is 5.25. The molecule has 2 nitrogen and oxygen atoms in total. The summed E-state index contributed by atoms with van der Waals surface area (Å²) in [5.41, 5.74) is 2.70. The summed E-state index contributed by atoms with van der Waals surface area (Å²) in [7, 11) is 1.81. The summed E-state index contributed by atoms with van der Waals surface area (Å²) in [5.74, 6) is 0.635. The number of benzene rings is 1. The summed E-state index contributed by atoms with van der Waals surface area (Å²) in [6, 6.07) is 8.76. The van der Waals surface area contributed by atoms with Crippen LogP contribution in [0.15, 0.2) is 24.3 Å². The van der Waals surface area contributed by atoms with Crippen molar-refractivity contribution in [2.24, 2.45) is 0 Å². The Balaban J connectivity index is 2.55. The van der Waals surface area contributed by atoms with Crippen LogP contribution in [0.2, 0.25) is 0 Å². The van der Waals surface area contributed by atoms with Gasteiger partial charge in [0.15, 0.2) is 6.19 Å². The quantitative estimate of drug-likeness (QED) is 0.558. The normalized spacial score (nSPS) is 11.9. The number of nitriles is 1. The molecule has 1 aromatic rings. The Labute approximate surface area is 98.5 Å². The van der Waals surface area contributed by atoms with E-state index in [1.807, 2.05) is 7.05 Å². The summed E-state index contributed by atoms with van der Waals surface area (Å²) in [5, 5.41) is 8.64. The highest BCUT2D eigenvalue weighted by Gasteiger charge is 2.02. The van der Waals surface area contributed by atoms with E-state index in [0.717, 1.165) is 13.0 Å². The molecule has 0 radical (unpaired) electrons. The largest absolute Gasteiger partial charge is 0.313 e. The van der Waals surface area contributed by atoms with E-state index in [0.29, 0.717) is 5.92 Å². The van der Waals surface area contributed by atoms with Crippen LogP contribution < -0.4 is 0 Å². The van der Waals surface area contributed by atoms with E-state index in [-0.39, 0.29) is 0 Å². The van der Waals surface area contributed by atoms with E-state index in [4.69, 9.17) is 5.26 Å². The van der Waals surface area contributed by atoms with E-state index >= 15 is 0 Å². The molecular formula is C14H20N2. The summed E-state index contributed by atoms with van der Waals surface area (Å²) in [4.78, 5) is 1.66. The molecule has 1 rings (SSSR count). The van der Waals surface area contributed by atoms with Crippen molar-refractivity contribution in [3.63, 3.8) is 0 Å². The van der Waals surface area contributed by atoms with Crippen LogP contribution in [0.4, 0.5) is 0 Å². The summed E-state index contributed by atoms with van der Waals surface area (Å²) < 4.78 is 0. The second-order valence-electron chi connectivity index (χ2n) is 4.32. The minimum atomic E-state index is 0.635. The van der Waals surface area contributed by atoms with Crippen LogP contribution in [0.25, 0.3) is 0 Å². The van der Waals surface area contributed by atoms with Crippen LogP contribution in [0, 0.1) is 11.5 Å². The monoisotopic (exact) mass is 216 g/mol. The van der Waals surface area contributed by atoms with E-state index in [1.54, 1.807) is 4.90 Å². The first-order valence-corrected chi connectivity index (χ1v) is 5.87. The second-order valence-corrected chi connectivity index (χ2v) is 4.32. The molecule has 0 fully saturated rings. The molecule has 16 heavy (non-hydrogen) atoms. The van der Waals surface area contributed by atoms with Crippen molar-refractivity contribution in [2.75, 3.05) is 13.6 Å². The number of hydrogen-bond acceptors (Lipinski definition) is 2. The van der Waals surface area contributed by atoms with Gasteiger partial charge in [-0.15, -0.1) is 0 Å². The molecule has 0 N–H and O–H groups in total. The average molecular weight is 216 g/mol. The number of rotatable bonds is 5. The predicted molar refractivity (Wildman–Crippen MR) is 67.1 cm³/mol. The Morgan fingerprint density at radius 1 is 1.31 bits per heavy atom. The van der Waals surface area contributed by atoms with Gasteiger partial charge in [-0.25, -0.2) is 0 Å². The van der Waals surface area contributed by atoms with Gasteiger partial charge in [-0.3, -0.25) is 0 Å². The van der Waals surface area contributed by atoms with Crippen molar-refractivity contribution in [2.45, 2.75) is 32.6 Å². The summed E-state index contributed by atoms with van der Waals surface area (Å²) in [6.07, 6.45) is 4.22. The first kappa shape index (κ1) is 12.6. The molecule has 86 valence electrons. The van der Waals surface area contributed by atoms with E-state index in [2.05, 4.69) is 44.3 Å². The van der Waals surface area contributed by atoms with Gasteiger partial charge in [-0.2, -0.15) is 5.26 Å². The molecule has 0 aliphatic rings. The number of likely N-dealkylation sites (N-methyl/N-ethyl adjacent to an activating group) is 1. The zero-order valence-corrected chi connectivity index (χ0v) is 10.4. The molecule has 0 amide bonds. The van der Waals surface area contributed by atoms with Gasteiger partial charge < -0.3 is 4.90 Å². The molecule has 1 atom stereocenters. The molecule has 0 spiro atoms. The highest BCUT2D eigenvalue weighted by atomic mass is 15.1. The lowest BCUT2D eigenvalue weighted by atomic mass is 9.97. The van der Waals surface area contributed by atoms with Crippen LogP contribution >= 0.6 is 0 Å². The maximum absolute atomic E-state index is 8.64. The van der Waals surface area contributed by atoms with E-state index in [9.17, 15) is 0 Å². The number of nitrogens with zero attached hydrogens (tertiary/aromatic N) is 2. The van der Waals surface area contributed by atoms with Gasteiger partial charge >= 0.3 is 0 Å². The van der Waals surface area contributed by atoms with Crippen molar-refractivity contribution in [3.8, 4) is 6.19 Å². The Morgan fingerprint density at radius 2 is 1.94 bits per heavy atom. The smallest absolute Gasteiger partial charge is 0.179 e. The van der Waals surface area contributed by atoms with Crippen LogP contribution in [0.5, 0.6) is 0 Å². The Bertz CT molecular complexity index is 348. The molecular weight excluding hydrogens is 196 g/mol. The first-order valence-electron chi connectivity index (χ1n) is 5.87. The molecule has 0 aliphatic heterocycles. The van der Waals surface area contributed by atoms with Crippen LogP contribution in [0.3, 0.4) is 0 Å². The molecule has 0 aliphatic carbocycles. The maximum atomic E-state index is 8.64. The Morgan fingerprint density at radius 3 is 2.44 bits per heavy atom. The molecule has 0 aromatic heterocycles. The fourth-order valence-electron chi connectivity index (χ4n) is 1.60. The van der Waals surface area contributed by atoms with E-state index < -0.39 is 0 Å². The third-order valence-electron chi connectivity index (χ3n) is 3.07. The van der Waals surface area contributed by atoms with Gasteiger partial charge in [0.25, 0.3) is 0 Å². The van der Waals surface area contributed by atoms with Gasteiger partial charge in [-0.1, -0.05) is 38.1 Å². The Hall–Kier alpha value is -1.49. The summed E-state index contributed by atoms with van der Waals surface area (Å²) >= 11 is 0. The topological polar surface area (TPSA) is 27.0 Å². The lowest BCUT2D eigenvalue weighted by molar-refractivity contribution is 0.478. The first-order chi connectivity index (χ1) is 7.67. The lowest BCUT2D eigenvalue weighted by Crippen LogP contribution is -2.14. The van der Waals surface area contributed by atoms with Crippen LogP contribution in [-0.4, -0.2) is 18.5 Å². The third kappa shape index (κ3) is 3.58. The highest BCUT2D eigenvalue weighted by molar-refractivity contribution is 5.25. The maximum Gasteiger partial charge on any atom is 0.179 e. The van der Waals surface area contributed by atoms with Crippen LogP contribution in [0.1, 0.15) is 37.3 Å². The lowest BCUT2D eigenvalue weighted by Gasteiger charge is -2.11. The van der Waals surface area contributed by atoms with Gasteiger partial charge in [0.05, 0.1) is 0 Å². The van der Waals surface area contributed by atoms with Gasteiger partial charge in [0, 0.05) is 13.6 Å².